The molecule has 2 heterocycles. The van der Waals surface area contributed by atoms with Crippen molar-refractivity contribution < 1.29 is 27.9 Å². The molecule has 3 rings (SSSR count). The Bertz CT molecular complexity index is 808. The molecule has 1 aromatic carbocycles. The van der Waals surface area contributed by atoms with Crippen LogP contribution in [0.25, 0.3) is 11.0 Å². The largest absolute Gasteiger partial charge is 0.481 e. The van der Waals surface area contributed by atoms with Crippen molar-refractivity contribution >= 4 is 22.9 Å². The molecule has 2 N–H and O–H groups in total. The first kappa shape index (κ1) is 17.2. The second-order valence-electron chi connectivity index (χ2n) is 6.15. The minimum atomic E-state index is -4.57. The van der Waals surface area contributed by atoms with Crippen LogP contribution in [0.1, 0.15) is 35.4 Å². The molecule has 1 saturated heterocycles. The van der Waals surface area contributed by atoms with Gasteiger partial charge in [0.1, 0.15) is 0 Å². The van der Waals surface area contributed by atoms with E-state index < -0.39 is 18.0 Å². The predicted octanol–water partition coefficient (Wildman–Crippen LogP) is 2.91. The van der Waals surface area contributed by atoms with E-state index in [9.17, 15) is 22.8 Å². The number of carboxylic acids is 1. The Labute approximate surface area is 140 Å². The first-order valence-corrected chi connectivity index (χ1v) is 7.82. The number of hydrogen-bond acceptors (Lipinski definition) is 3. The number of likely N-dealkylation sites (tertiary alicyclic amines) is 1. The Hall–Kier alpha value is -2.58. The van der Waals surface area contributed by atoms with Crippen molar-refractivity contribution in [3.63, 3.8) is 0 Å². The van der Waals surface area contributed by atoms with E-state index in [4.69, 9.17) is 5.11 Å². The quantitative estimate of drug-likeness (QED) is 0.886. The van der Waals surface area contributed by atoms with Crippen LogP contribution in [0, 0.1) is 5.92 Å². The van der Waals surface area contributed by atoms with Gasteiger partial charge in [-0.3, -0.25) is 9.59 Å². The third kappa shape index (κ3) is 3.75. The number of aromatic nitrogens is 2. The number of imidazole rings is 1. The predicted molar refractivity (Wildman–Crippen MR) is 82.0 cm³/mol. The summed E-state index contributed by atoms with van der Waals surface area (Å²) in [6.45, 7) is 0.872. The molecule has 1 amide bonds. The third-order valence-electron chi connectivity index (χ3n) is 4.36. The maximum atomic E-state index is 12.7. The normalized spacial score (nSPS) is 16.4. The summed E-state index contributed by atoms with van der Waals surface area (Å²) in [4.78, 5) is 30.5. The first-order chi connectivity index (χ1) is 11.7. The van der Waals surface area contributed by atoms with Crippen LogP contribution in [0.15, 0.2) is 18.2 Å². The number of aliphatic carboxylic acids is 1. The van der Waals surface area contributed by atoms with Crippen LogP contribution in [0.5, 0.6) is 0 Å². The zero-order chi connectivity index (χ0) is 18.2. The van der Waals surface area contributed by atoms with Gasteiger partial charge in [-0.1, -0.05) is 0 Å². The molecular weight excluding hydrogens is 339 g/mol. The number of alkyl halides is 3. The summed E-state index contributed by atoms with van der Waals surface area (Å²) in [6.07, 6.45) is -3.29. The standard InChI is InChI=1S/C16H16F3N3O3/c17-16(18,19)15-20-11-2-1-10(8-12(11)21-15)14(25)22-5-3-9(4-6-22)7-13(23)24/h1-2,8-9H,3-7H2,(H,20,21)(H,23,24). The minimum Gasteiger partial charge on any atom is -0.481 e. The fourth-order valence-electron chi connectivity index (χ4n) is 3.05. The van der Waals surface area contributed by atoms with E-state index in [1.165, 1.54) is 18.2 Å². The van der Waals surface area contributed by atoms with E-state index in [0.29, 0.717) is 25.9 Å². The number of rotatable bonds is 3. The second-order valence-corrected chi connectivity index (χ2v) is 6.15. The average molecular weight is 355 g/mol. The molecule has 0 unspecified atom stereocenters. The number of benzene rings is 1. The molecule has 1 aliphatic heterocycles. The SMILES string of the molecule is O=C(O)CC1CCN(C(=O)c2ccc3nc(C(F)(F)F)[nH]c3c2)CC1. The number of piperidine rings is 1. The molecule has 0 bridgehead atoms. The Morgan fingerprint density at radius 3 is 2.56 bits per heavy atom. The lowest BCUT2D eigenvalue weighted by atomic mass is 9.93. The number of nitrogens with one attached hydrogen (secondary N) is 1. The first-order valence-electron chi connectivity index (χ1n) is 7.82. The van der Waals surface area contributed by atoms with Gasteiger partial charge in [-0.05, 0) is 37.0 Å². The van der Waals surface area contributed by atoms with Crippen molar-refractivity contribution in [1.82, 2.24) is 14.9 Å². The van der Waals surface area contributed by atoms with Gasteiger partial charge in [0.05, 0.1) is 11.0 Å². The maximum Gasteiger partial charge on any atom is 0.449 e. The molecule has 134 valence electrons. The van der Waals surface area contributed by atoms with Gasteiger partial charge >= 0.3 is 12.1 Å². The molecule has 2 aromatic rings. The Morgan fingerprint density at radius 1 is 1.28 bits per heavy atom. The lowest BCUT2D eigenvalue weighted by Gasteiger charge is -2.31. The second kappa shape index (κ2) is 6.38. The lowest BCUT2D eigenvalue weighted by molar-refractivity contribution is -0.144. The maximum absolute atomic E-state index is 12.7. The molecule has 25 heavy (non-hydrogen) atoms. The fourth-order valence-corrected chi connectivity index (χ4v) is 3.05. The number of carbonyl (C=O) groups is 2. The van der Waals surface area contributed by atoms with Crippen molar-refractivity contribution in [3.05, 3.63) is 29.6 Å². The van der Waals surface area contributed by atoms with Crippen LogP contribution in [-0.4, -0.2) is 44.9 Å². The van der Waals surface area contributed by atoms with Crippen LogP contribution in [0.2, 0.25) is 0 Å². The van der Waals surface area contributed by atoms with Crippen molar-refractivity contribution in [3.8, 4) is 0 Å². The fraction of sp³-hybridized carbons (Fsp3) is 0.438. The van der Waals surface area contributed by atoms with Crippen molar-refractivity contribution in [2.24, 2.45) is 5.92 Å². The molecule has 1 aliphatic rings. The van der Waals surface area contributed by atoms with Gasteiger partial charge < -0.3 is 15.0 Å². The summed E-state index contributed by atoms with van der Waals surface area (Å²) in [5.74, 6) is -2.18. The molecule has 6 nitrogen and oxygen atoms in total. The number of halogens is 3. The topological polar surface area (TPSA) is 86.3 Å². The van der Waals surface area contributed by atoms with Crippen LogP contribution in [0.4, 0.5) is 13.2 Å². The highest BCUT2D eigenvalue weighted by molar-refractivity contribution is 5.97. The molecule has 0 aliphatic carbocycles. The summed E-state index contributed by atoms with van der Waals surface area (Å²) in [7, 11) is 0. The highest BCUT2D eigenvalue weighted by Crippen LogP contribution is 2.29. The van der Waals surface area contributed by atoms with Crippen molar-refractivity contribution in [2.45, 2.75) is 25.4 Å². The van der Waals surface area contributed by atoms with Crippen LogP contribution < -0.4 is 0 Å². The van der Waals surface area contributed by atoms with Gasteiger partial charge in [0, 0.05) is 25.1 Å². The molecule has 1 aromatic heterocycles. The molecular formula is C16H16F3N3O3. The third-order valence-corrected chi connectivity index (χ3v) is 4.36. The highest BCUT2D eigenvalue weighted by atomic mass is 19.4. The molecule has 0 atom stereocenters. The highest BCUT2D eigenvalue weighted by Gasteiger charge is 2.35. The van der Waals surface area contributed by atoms with Gasteiger partial charge in [0.2, 0.25) is 5.82 Å². The summed E-state index contributed by atoms with van der Waals surface area (Å²) in [6, 6.07) is 4.20. The van der Waals surface area contributed by atoms with Gasteiger partial charge in [0.15, 0.2) is 0 Å². The van der Waals surface area contributed by atoms with Gasteiger partial charge in [-0.15, -0.1) is 0 Å². The van der Waals surface area contributed by atoms with E-state index in [-0.39, 0.29) is 34.8 Å². The van der Waals surface area contributed by atoms with Crippen molar-refractivity contribution in [1.29, 1.82) is 0 Å². The Kier molecular flexibility index (Phi) is 4.40. The van der Waals surface area contributed by atoms with Gasteiger partial charge in [-0.2, -0.15) is 13.2 Å². The zero-order valence-corrected chi connectivity index (χ0v) is 13.1. The van der Waals surface area contributed by atoms with Crippen molar-refractivity contribution in [2.75, 3.05) is 13.1 Å². The molecule has 0 saturated carbocycles. The number of nitrogens with zero attached hydrogens (tertiary/aromatic N) is 2. The van der Waals surface area contributed by atoms with Gasteiger partial charge in [0.25, 0.3) is 5.91 Å². The number of amides is 1. The minimum absolute atomic E-state index is 0.0472. The van der Waals surface area contributed by atoms with Crippen LogP contribution in [0.3, 0.4) is 0 Å². The van der Waals surface area contributed by atoms with E-state index in [1.807, 2.05) is 0 Å². The van der Waals surface area contributed by atoms with Crippen LogP contribution >= 0.6 is 0 Å². The molecule has 0 radical (unpaired) electrons. The average Bonchev–Trinajstić information content (AvgIpc) is 2.98. The summed E-state index contributed by atoms with van der Waals surface area (Å²) >= 11 is 0. The van der Waals surface area contributed by atoms with E-state index in [1.54, 1.807) is 4.90 Å². The summed E-state index contributed by atoms with van der Waals surface area (Å²) < 4.78 is 38.1. The van der Waals surface area contributed by atoms with Crippen LogP contribution in [-0.2, 0) is 11.0 Å². The Balaban J connectivity index is 1.73. The molecule has 9 heteroatoms. The van der Waals surface area contributed by atoms with Gasteiger partial charge in [-0.25, -0.2) is 4.98 Å². The summed E-state index contributed by atoms with van der Waals surface area (Å²) in [5.41, 5.74) is 0.574. The van der Waals surface area contributed by atoms with E-state index >= 15 is 0 Å². The number of carboxylic acid groups (broad SMARTS) is 1. The van der Waals surface area contributed by atoms with E-state index in [2.05, 4.69) is 9.97 Å². The monoisotopic (exact) mass is 355 g/mol. The zero-order valence-electron chi connectivity index (χ0n) is 13.1. The van der Waals surface area contributed by atoms with E-state index in [0.717, 1.165) is 0 Å². The number of fused-ring (bicyclic) bond motifs is 1. The lowest BCUT2D eigenvalue weighted by Crippen LogP contribution is -2.38. The molecule has 0 spiro atoms. The summed E-state index contributed by atoms with van der Waals surface area (Å²) in [5, 5.41) is 8.81. The number of carbonyl (C=O) groups excluding carboxylic acids is 1. The smallest absolute Gasteiger partial charge is 0.449 e. The number of aromatic amines is 1. The molecule has 1 fully saturated rings. The Morgan fingerprint density at radius 2 is 1.96 bits per heavy atom. The number of H-pyrrole nitrogens is 1. The number of hydrogen-bond donors (Lipinski definition) is 2.